The Morgan fingerprint density at radius 3 is 2.50 bits per heavy atom. The topological polar surface area (TPSA) is 93.5 Å². The molecule has 2 rings (SSSR count). The average Bonchev–Trinajstić information content (AvgIpc) is 3.06. The number of amides is 2. The maximum absolute atomic E-state index is 12.8. The van der Waals surface area contributed by atoms with E-state index in [0.29, 0.717) is 17.9 Å². The minimum absolute atomic E-state index is 0.223. The molecule has 2 amide bonds. The third kappa shape index (κ3) is 6.40. The van der Waals surface area contributed by atoms with Crippen LogP contribution >= 0.6 is 0 Å². The van der Waals surface area contributed by atoms with E-state index in [0.717, 1.165) is 11.1 Å². The highest BCUT2D eigenvalue weighted by molar-refractivity contribution is 5.96. The molecule has 0 saturated carbocycles. The summed E-state index contributed by atoms with van der Waals surface area (Å²) in [6, 6.07) is 4.83. The molecule has 0 aliphatic heterocycles. The van der Waals surface area contributed by atoms with E-state index in [1.54, 1.807) is 33.0 Å². The molecule has 0 radical (unpaired) electrons. The first-order valence-corrected chi connectivity index (χ1v) is 9.35. The van der Waals surface area contributed by atoms with Gasteiger partial charge in [-0.05, 0) is 63.8 Å². The first-order valence-electron chi connectivity index (χ1n) is 9.35. The normalized spacial score (nSPS) is 12.5. The van der Waals surface area contributed by atoms with Gasteiger partial charge in [-0.1, -0.05) is 13.8 Å². The Bertz CT molecular complexity index is 808. The van der Waals surface area contributed by atoms with Crippen molar-refractivity contribution in [1.82, 2.24) is 10.3 Å². The summed E-state index contributed by atoms with van der Waals surface area (Å²) >= 11 is 0. The molecule has 1 heterocycles. The standard InChI is InChI=1S/C21H29N3O4/c1-13(2)9-17(24-20(26)28-21(4,5)6)19(25)23-15-7-8-16(14(3)10-15)18-11-22-12-27-18/h7-8,10-13,17H,9H2,1-6H3,(H,23,25)(H,24,26). The number of benzene rings is 1. The SMILES string of the molecule is Cc1cc(NC(=O)C(CC(C)C)NC(=O)OC(C)(C)C)ccc1-c1cnco1. The molecule has 1 atom stereocenters. The van der Waals surface area contributed by atoms with Gasteiger partial charge in [0.25, 0.3) is 0 Å². The predicted octanol–water partition coefficient (Wildman–Crippen LogP) is 4.53. The number of aromatic nitrogens is 1. The Morgan fingerprint density at radius 1 is 1.25 bits per heavy atom. The van der Waals surface area contributed by atoms with Gasteiger partial charge in [0.15, 0.2) is 12.2 Å². The molecule has 1 unspecified atom stereocenters. The summed E-state index contributed by atoms with van der Waals surface area (Å²) in [7, 11) is 0. The van der Waals surface area contributed by atoms with Crippen LogP contribution in [0.25, 0.3) is 11.3 Å². The van der Waals surface area contributed by atoms with E-state index in [1.165, 1.54) is 6.39 Å². The van der Waals surface area contributed by atoms with Crippen LogP contribution in [-0.4, -0.2) is 28.6 Å². The number of nitrogens with one attached hydrogen (secondary N) is 2. The van der Waals surface area contributed by atoms with Crippen LogP contribution in [0.1, 0.15) is 46.6 Å². The van der Waals surface area contributed by atoms with Crippen molar-refractivity contribution < 1.29 is 18.7 Å². The molecule has 1 aromatic heterocycles. The van der Waals surface area contributed by atoms with Gasteiger partial charge in [-0.2, -0.15) is 0 Å². The van der Waals surface area contributed by atoms with Crippen LogP contribution < -0.4 is 10.6 Å². The van der Waals surface area contributed by atoms with E-state index < -0.39 is 17.7 Å². The third-order valence-corrected chi connectivity index (χ3v) is 3.91. The number of nitrogens with zero attached hydrogens (tertiary/aromatic N) is 1. The lowest BCUT2D eigenvalue weighted by Crippen LogP contribution is -2.46. The zero-order chi connectivity index (χ0) is 20.9. The summed E-state index contributed by atoms with van der Waals surface area (Å²) < 4.78 is 10.6. The first-order chi connectivity index (χ1) is 13.0. The van der Waals surface area contributed by atoms with Gasteiger partial charge in [0.1, 0.15) is 11.6 Å². The molecule has 2 N–H and O–H groups in total. The smallest absolute Gasteiger partial charge is 0.408 e. The van der Waals surface area contributed by atoms with E-state index in [-0.39, 0.29) is 11.8 Å². The Balaban J connectivity index is 2.10. The number of rotatable bonds is 6. The van der Waals surface area contributed by atoms with Crippen molar-refractivity contribution in [2.75, 3.05) is 5.32 Å². The number of ether oxygens (including phenoxy) is 1. The van der Waals surface area contributed by atoms with Crippen LogP contribution in [0.5, 0.6) is 0 Å². The summed E-state index contributed by atoms with van der Waals surface area (Å²) in [6.07, 6.45) is 2.92. The lowest BCUT2D eigenvalue weighted by molar-refractivity contribution is -0.118. The highest BCUT2D eigenvalue weighted by Crippen LogP contribution is 2.25. The molecular weight excluding hydrogens is 358 g/mol. The van der Waals surface area contributed by atoms with Crippen LogP contribution in [-0.2, 0) is 9.53 Å². The zero-order valence-electron chi connectivity index (χ0n) is 17.3. The minimum Gasteiger partial charge on any atom is -0.444 e. The van der Waals surface area contributed by atoms with Gasteiger partial charge in [0, 0.05) is 11.3 Å². The highest BCUT2D eigenvalue weighted by Gasteiger charge is 2.25. The quantitative estimate of drug-likeness (QED) is 0.760. The van der Waals surface area contributed by atoms with Crippen LogP contribution in [0, 0.1) is 12.8 Å². The van der Waals surface area contributed by atoms with E-state index in [9.17, 15) is 9.59 Å². The minimum atomic E-state index is -0.691. The van der Waals surface area contributed by atoms with E-state index in [1.807, 2.05) is 32.9 Å². The fraction of sp³-hybridized carbons (Fsp3) is 0.476. The Hall–Kier alpha value is -2.83. The zero-order valence-corrected chi connectivity index (χ0v) is 17.3. The van der Waals surface area contributed by atoms with Gasteiger partial charge in [0.2, 0.25) is 5.91 Å². The van der Waals surface area contributed by atoms with Crippen molar-refractivity contribution >= 4 is 17.7 Å². The van der Waals surface area contributed by atoms with Crippen molar-refractivity contribution in [3.05, 3.63) is 36.4 Å². The lowest BCUT2D eigenvalue weighted by Gasteiger charge is -2.24. The number of oxazole rings is 1. The molecule has 2 aromatic rings. The molecule has 0 saturated heterocycles. The van der Waals surface area contributed by atoms with Gasteiger partial charge in [0.05, 0.1) is 6.20 Å². The number of hydrogen-bond acceptors (Lipinski definition) is 5. The molecule has 152 valence electrons. The van der Waals surface area contributed by atoms with Gasteiger partial charge >= 0.3 is 6.09 Å². The van der Waals surface area contributed by atoms with Crippen molar-refractivity contribution in [2.45, 2.75) is 59.6 Å². The summed E-state index contributed by atoms with van der Waals surface area (Å²) in [5.41, 5.74) is 1.86. The number of alkyl carbamates (subject to hydrolysis) is 1. The third-order valence-electron chi connectivity index (χ3n) is 3.91. The van der Waals surface area contributed by atoms with Crippen LogP contribution in [0.15, 0.2) is 35.2 Å². The van der Waals surface area contributed by atoms with Crippen LogP contribution in [0.4, 0.5) is 10.5 Å². The lowest BCUT2D eigenvalue weighted by atomic mass is 10.0. The summed E-state index contributed by atoms with van der Waals surface area (Å²) in [5.74, 6) is 0.604. The van der Waals surface area contributed by atoms with Crippen molar-refractivity contribution in [3.8, 4) is 11.3 Å². The molecule has 0 bridgehead atoms. The fourth-order valence-corrected chi connectivity index (χ4v) is 2.75. The number of aryl methyl sites for hydroxylation is 1. The second kappa shape index (κ2) is 8.91. The van der Waals surface area contributed by atoms with Crippen molar-refractivity contribution in [3.63, 3.8) is 0 Å². The van der Waals surface area contributed by atoms with Crippen LogP contribution in [0.3, 0.4) is 0 Å². The Morgan fingerprint density at radius 2 is 1.96 bits per heavy atom. The van der Waals surface area contributed by atoms with Gasteiger partial charge in [-0.25, -0.2) is 9.78 Å². The molecule has 28 heavy (non-hydrogen) atoms. The second-order valence-electron chi connectivity index (χ2n) is 8.21. The Labute approximate surface area is 165 Å². The second-order valence-corrected chi connectivity index (χ2v) is 8.21. The summed E-state index contributed by atoms with van der Waals surface area (Å²) in [4.78, 5) is 28.8. The van der Waals surface area contributed by atoms with Gasteiger partial charge in [-0.15, -0.1) is 0 Å². The molecule has 0 spiro atoms. The maximum atomic E-state index is 12.8. The number of carbonyl (C=O) groups is 2. The number of hydrogen-bond donors (Lipinski definition) is 2. The summed E-state index contributed by atoms with van der Waals surface area (Å²) in [5, 5.41) is 5.55. The van der Waals surface area contributed by atoms with Gasteiger partial charge in [-0.3, -0.25) is 4.79 Å². The largest absolute Gasteiger partial charge is 0.444 e. The molecule has 0 fully saturated rings. The molecule has 7 heteroatoms. The average molecular weight is 387 g/mol. The number of anilines is 1. The Kier molecular flexibility index (Phi) is 6.83. The molecule has 1 aromatic carbocycles. The van der Waals surface area contributed by atoms with E-state index >= 15 is 0 Å². The monoisotopic (exact) mass is 387 g/mol. The van der Waals surface area contributed by atoms with Crippen molar-refractivity contribution in [2.24, 2.45) is 5.92 Å². The molecule has 0 aliphatic rings. The fourth-order valence-electron chi connectivity index (χ4n) is 2.75. The van der Waals surface area contributed by atoms with E-state index in [2.05, 4.69) is 15.6 Å². The first kappa shape index (κ1) is 21.5. The van der Waals surface area contributed by atoms with Crippen molar-refractivity contribution in [1.29, 1.82) is 0 Å². The molecule has 0 aliphatic carbocycles. The molecular formula is C21H29N3O4. The predicted molar refractivity (Wildman–Crippen MR) is 108 cm³/mol. The highest BCUT2D eigenvalue weighted by atomic mass is 16.6. The number of carbonyl (C=O) groups excluding carboxylic acids is 2. The summed E-state index contributed by atoms with van der Waals surface area (Å²) in [6.45, 7) is 11.3. The van der Waals surface area contributed by atoms with Crippen LogP contribution in [0.2, 0.25) is 0 Å². The van der Waals surface area contributed by atoms with E-state index in [4.69, 9.17) is 9.15 Å². The molecule has 7 nitrogen and oxygen atoms in total. The maximum Gasteiger partial charge on any atom is 0.408 e. The van der Waals surface area contributed by atoms with Gasteiger partial charge < -0.3 is 19.8 Å².